The minimum absolute atomic E-state index is 0.00385. The van der Waals surface area contributed by atoms with Gasteiger partial charge in [-0.2, -0.15) is 11.8 Å². The number of carbonyl (C=O) groups is 1. The van der Waals surface area contributed by atoms with E-state index in [4.69, 9.17) is 5.11 Å². The smallest absolute Gasteiger partial charge is 0.335 e. The lowest BCUT2D eigenvalue weighted by atomic mass is 10.2. The Hall–Kier alpha value is -1.05. The van der Waals surface area contributed by atoms with E-state index in [0.717, 1.165) is 19.3 Å². The van der Waals surface area contributed by atoms with Crippen molar-refractivity contribution < 1.29 is 18.3 Å². The van der Waals surface area contributed by atoms with Crippen molar-refractivity contribution in [1.29, 1.82) is 0 Å². The number of benzene rings is 1. The second-order valence-electron chi connectivity index (χ2n) is 4.77. The van der Waals surface area contributed by atoms with E-state index in [2.05, 4.69) is 4.72 Å². The van der Waals surface area contributed by atoms with Crippen LogP contribution in [-0.2, 0) is 10.0 Å². The first-order valence-corrected chi connectivity index (χ1v) is 9.09. The Balaban J connectivity index is 2.22. The van der Waals surface area contributed by atoms with Crippen molar-refractivity contribution in [2.75, 3.05) is 6.26 Å². The molecule has 7 heteroatoms. The van der Waals surface area contributed by atoms with E-state index in [-0.39, 0.29) is 21.8 Å². The summed E-state index contributed by atoms with van der Waals surface area (Å²) in [5, 5.41) is 9.21. The number of nitrogens with one attached hydrogen (secondary N) is 1. The Bertz CT molecular complexity index is 600. The van der Waals surface area contributed by atoms with Gasteiger partial charge in [0.25, 0.3) is 0 Å². The monoisotopic (exact) mass is 315 g/mol. The molecule has 1 fully saturated rings. The zero-order valence-corrected chi connectivity index (χ0v) is 12.7. The maximum absolute atomic E-state index is 12.3. The quantitative estimate of drug-likeness (QED) is 0.867. The molecule has 20 heavy (non-hydrogen) atoms. The third-order valence-electron chi connectivity index (χ3n) is 3.45. The van der Waals surface area contributed by atoms with Crippen molar-refractivity contribution in [3.05, 3.63) is 29.8 Å². The highest BCUT2D eigenvalue weighted by atomic mass is 32.2. The molecule has 0 radical (unpaired) electrons. The lowest BCUT2D eigenvalue weighted by molar-refractivity contribution is 0.0696. The zero-order valence-electron chi connectivity index (χ0n) is 11.1. The van der Waals surface area contributed by atoms with Crippen LogP contribution in [0.3, 0.4) is 0 Å². The minimum atomic E-state index is -3.67. The fourth-order valence-corrected chi connectivity index (χ4v) is 4.78. The third-order valence-corrected chi connectivity index (χ3v) is 6.11. The van der Waals surface area contributed by atoms with E-state index >= 15 is 0 Å². The normalized spacial score (nSPS) is 22.9. The van der Waals surface area contributed by atoms with Gasteiger partial charge in [0, 0.05) is 11.3 Å². The maximum Gasteiger partial charge on any atom is 0.335 e. The molecule has 1 aromatic carbocycles. The van der Waals surface area contributed by atoms with Gasteiger partial charge in [0.1, 0.15) is 0 Å². The van der Waals surface area contributed by atoms with Crippen molar-refractivity contribution in [1.82, 2.24) is 4.72 Å². The van der Waals surface area contributed by atoms with Crippen LogP contribution in [-0.4, -0.2) is 37.0 Å². The molecular weight excluding hydrogens is 298 g/mol. The van der Waals surface area contributed by atoms with E-state index < -0.39 is 16.0 Å². The second kappa shape index (κ2) is 6.15. The number of sulfonamides is 1. The minimum Gasteiger partial charge on any atom is -0.478 e. The Labute approximate surface area is 122 Å². The van der Waals surface area contributed by atoms with Gasteiger partial charge in [-0.05, 0) is 37.3 Å². The van der Waals surface area contributed by atoms with Crippen LogP contribution < -0.4 is 4.72 Å². The van der Waals surface area contributed by atoms with Gasteiger partial charge >= 0.3 is 5.97 Å². The van der Waals surface area contributed by atoms with E-state index in [1.807, 2.05) is 6.26 Å². The summed E-state index contributed by atoms with van der Waals surface area (Å²) < 4.78 is 27.3. The Morgan fingerprint density at radius 1 is 1.40 bits per heavy atom. The van der Waals surface area contributed by atoms with E-state index in [1.54, 1.807) is 11.8 Å². The molecule has 0 saturated heterocycles. The van der Waals surface area contributed by atoms with E-state index in [0.29, 0.717) is 0 Å². The molecule has 0 heterocycles. The first-order valence-electron chi connectivity index (χ1n) is 6.32. The summed E-state index contributed by atoms with van der Waals surface area (Å²) in [6, 6.07) is 5.34. The Kier molecular flexibility index (Phi) is 4.72. The highest BCUT2D eigenvalue weighted by Crippen LogP contribution is 2.29. The Morgan fingerprint density at radius 3 is 2.80 bits per heavy atom. The van der Waals surface area contributed by atoms with Crippen molar-refractivity contribution in [3.63, 3.8) is 0 Å². The van der Waals surface area contributed by atoms with Crippen LogP contribution in [0.4, 0.5) is 0 Å². The van der Waals surface area contributed by atoms with Gasteiger partial charge in [-0.15, -0.1) is 0 Å². The van der Waals surface area contributed by atoms with Crippen molar-refractivity contribution >= 4 is 27.8 Å². The van der Waals surface area contributed by atoms with Gasteiger partial charge in [0.15, 0.2) is 0 Å². The summed E-state index contributed by atoms with van der Waals surface area (Å²) in [7, 11) is -3.67. The van der Waals surface area contributed by atoms with Crippen LogP contribution in [0.2, 0.25) is 0 Å². The molecule has 2 N–H and O–H groups in total. The lowest BCUT2D eigenvalue weighted by Gasteiger charge is -2.19. The molecule has 1 aliphatic carbocycles. The molecule has 0 aromatic heterocycles. The number of carboxylic acid groups (broad SMARTS) is 1. The van der Waals surface area contributed by atoms with Crippen LogP contribution in [0.5, 0.6) is 0 Å². The highest BCUT2D eigenvalue weighted by molar-refractivity contribution is 7.99. The second-order valence-corrected chi connectivity index (χ2v) is 7.56. The summed E-state index contributed by atoms with van der Waals surface area (Å²) in [5.74, 6) is -1.13. The SMILES string of the molecule is CSC1CCCC1NS(=O)(=O)c1cccc(C(=O)O)c1. The molecule has 1 saturated carbocycles. The maximum atomic E-state index is 12.3. The van der Waals surface area contributed by atoms with Crippen molar-refractivity contribution in [2.45, 2.75) is 35.4 Å². The molecule has 1 aliphatic rings. The molecule has 0 aliphatic heterocycles. The lowest BCUT2D eigenvalue weighted by Crippen LogP contribution is -2.38. The van der Waals surface area contributed by atoms with Gasteiger partial charge in [-0.25, -0.2) is 17.9 Å². The average molecular weight is 315 g/mol. The summed E-state index contributed by atoms with van der Waals surface area (Å²) in [4.78, 5) is 10.9. The standard InChI is InChI=1S/C13H17NO4S2/c1-19-12-7-3-6-11(12)14-20(17,18)10-5-2-4-9(8-10)13(15)16/h2,4-5,8,11-12,14H,3,6-7H2,1H3,(H,15,16). The largest absolute Gasteiger partial charge is 0.478 e. The van der Waals surface area contributed by atoms with Crippen LogP contribution in [0.1, 0.15) is 29.6 Å². The molecule has 2 atom stereocenters. The third kappa shape index (κ3) is 3.34. The van der Waals surface area contributed by atoms with Crippen molar-refractivity contribution in [3.8, 4) is 0 Å². The summed E-state index contributed by atoms with van der Waals surface area (Å²) in [5.41, 5.74) is -0.0271. The first kappa shape index (κ1) is 15.3. The van der Waals surface area contributed by atoms with Gasteiger partial charge in [-0.3, -0.25) is 0 Å². The van der Waals surface area contributed by atoms with Gasteiger partial charge < -0.3 is 5.11 Å². The fraction of sp³-hybridized carbons (Fsp3) is 0.462. The molecule has 2 rings (SSSR count). The van der Waals surface area contributed by atoms with E-state index in [1.165, 1.54) is 24.3 Å². The summed E-state index contributed by atoms with van der Waals surface area (Å²) in [6.45, 7) is 0. The number of rotatable bonds is 5. The predicted octanol–water partition coefficient (Wildman–Crippen LogP) is 1.95. The summed E-state index contributed by atoms with van der Waals surface area (Å²) >= 11 is 1.66. The molecule has 1 aromatic rings. The number of carboxylic acids is 1. The van der Waals surface area contributed by atoms with Crippen LogP contribution in [0, 0.1) is 0 Å². The molecule has 5 nitrogen and oxygen atoms in total. The van der Waals surface area contributed by atoms with Crippen LogP contribution >= 0.6 is 11.8 Å². The van der Waals surface area contributed by atoms with Gasteiger partial charge in [-0.1, -0.05) is 12.5 Å². The number of thioether (sulfide) groups is 1. The topological polar surface area (TPSA) is 83.5 Å². The summed E-state index contributed by atoms with van der Waals surface area (Å²) in [6.07, 6.45) is 4.81. The first-order chi connectivity index (χ1) is 9.44. The molecule has 0 bridgehead atoms. The fourth-order valence-electron chi connectivity index (χ4n) is 2.41. The molecule has 0 amide bonds. The number of hydrogen-bond donors (Lipinski definition) is 2. The number of aromatic carboxylic acids is 1. The van der Waals surface area contributed by atoms with Crippen molar-refractivity contribution in [2.24, 2.45) is 0 Å². The predicted molar refractivity (Wildman–Crippen MR) is 78.7 cm³/mol. The molecule has 0 spiro atoms. The zero-order chi connectivity index (χ0) is 14.8. The average Bonchev–Trinajstić information content (AvgIpc) is 2.85. The Morgan fingerprint density at radius 2 is 2.15 bits per heavy atom. The van der Waals surface area contributed by atoms with Crippen LogP contribution in [0.25, 0.3) is 0 Å². The molecule has 2 unspecified atom stereocenters. The molecule has 110 valence electrons. The number of hydrogen-bond acceptors (Lipinski definition) is 4. The van der Waals surface area contributed by atoms with Crippen LogP contribution in [0.15, 0.2) is 29.2 Å². The molecular formula is C13H17NO4S2. The van der Waals surface area contributed by atoms with Gasteiger partial charge in [0.2, 0.25) is 10.0 Å². The highest BCUT2D eigenvalue weighted by Gasteiger charge is 2.30. The van der Waals surface area contributed by atoms with Gasteiger partial charge in [0.05, 0.1) is 10.5 Å². The van der Waals surface area contributed by atoms with E-state index in [9.17, 15) is 13.2 Å².